The first kappa shape index (κ1) is 14.7. The van der Waals surface area contributed by atoms with Crippen molar-refractivity contribution in [3.8, 4) is 0 Å². The number of Topliss-reactive ketones (excluding diaryl/α,β-unsaturated/α-hetero) is 1. The Morgan fingerprint density at radius 1 is 1.17 bits per heavy atom. The van der Waals surface area contributed by atoms with Crippen LogP contribution in [0.25, 0.3) is 0 Å². The van der Waals surface area contributed by atoms with E-state index in [1.807, 2.05) is 0 Å². The lowest BCUT2D eigenvalue weighted by atomic mass is 10.1. The second-order valence-electron chi connectivity index (χ2n) is 4.08. The van der Waals surface area contributed by atoms with E-state index >= 15 is 0 Å². The Labute approximate surface area is 112 Å². The van der Waals surface area contributed by atoms with Gasteiger partial charge in [0.25, 0.3) is 0 Å². The molecule has 0 saturated heterocycles. The van der Waals surface area contributed by atoms with Crippen molar-refractivity contribution < 1.29 is 14.3 Å². The first-order valence-electron chi connectivity index (χ1n) is 6.08. The maximum atomic E-state index is 11.6. The van der Waals surface area contributed by atoms with Crippen molar-refractivity contribution >= 4 is 23.4 Å². The number of unbranched alkanes of at least 4 members (excludes halogenated alkanes) is 2. The molecule has 0 aliphatic heterocycles. The van der Waals surface area contributed by atoms with Crippen LogP contribution in [-0.4, -0.2) is 18.4 Å². The number of hydrogen-bond donors (Lipinski definition) is 0. The molecule has 1 rings (SSSR count). The number of ether oxygens (including phenoxy) is 1. The molecule has 0 heterocycles. The normalized spacial score (nSPS) is 10.1. The summed E-state index contributed by atoms with van der Waals surface area (Å²) < 4.78 is 4.93. The number of rotatable bonds is 7. The molecule has 3 nitrogen and oxygen atoms in total. The van der Waals surface area contributed by atoms with Crippen LogP contribution in [0.2, 0.25) is 5.02 Å². The van der Waals surface area contributed by atoms with Gasteiger partial charge in [-0.1, -0.05) is 31.4 Å². The molecule has 4 heteroatoms. The summed E-state index contributed by atoms with van der Waals surface area (Å²) in [6, 6.07) is 6.38. The van der Waals surface area contributed by atoms with E-state index in [2.05, 4.69) is 6.92 Å². The zero-order chi connectivity index (χ0) is 13.4. The lowest BCUT2D eigenvalue weighted by Gasteiger charge is -2.04. The summed E-state index contributed by atoms with van der Waals surface area (Å²) in [6.07, 6.45) is 3.42. The third kappa shape index (κ3) is 5.32. The quantitative estimate of drug-likeness (QED) is 0.560. The standard InChI is InChI=1S/C14H17ClO3/c1-2-3-4-5-13(16)10-18-14(17)11-6-8-12(15)9-7-11/h6-9H,2-5,10H2,1H3. The first-order valence-corrected chi connectivity index (χ1v) is 6.45. The Balaban J connectivity index is 2.32. The fourth-order valence-corrected chi connectivity index (χ4v) is 1.59. The van der Waals surface area contributed by atoms with Gasteiger partial charge < -0.3 is 4.74 Å². The Bertz CT molecular complexity index is 398. The summed E-state index contributed by atoms with van der Waals surface area (Å²) in [5, 5.41) is 0.558. The minimum Gasteiger partial charge on any atom is -0.454 e. The lowest BCUT2D eigenvalue weighted by Crippen LogP contribution is -2.13. The third-order valence-corrected chi connectivity index (χ3v) is 2.76. The molecular formula is C14H17ClO3. The van der Waals surface area contributed by atoms with Crippen LogP contribution in [0, 0.1) is 0 Å². The fraction of sp³-hybridized carbons (Fsp3) is 0.429. The number of carbonyl (C=O) groups is 2. The Hall–Kier alpha value is -1.35. The van der Waals surface area contributed by atoms with E-state index in [0.717, 1.165) is 19.3 Å². The van der Waals surface area contributed by atoms with Gasteiger partial charge in [-0.3, -0.25) is 4.79 Å². The average molecular weight is 269 g/mol. The highest BCUT2D eigenvalue weighted by Crippen LogP contribution is 2.10. The molecule has 0 aliphatic carbocycles. The minimum atomic E-state index is -0.490. The number of esters is 1. The summed E-state index contributed by atoms with van der Waals surface area (Å²) in [5.41, 5.74) is 0.403. The minimum absolute atomic E-state index is 0.0363. The zero-order valence-electron chi connectivity index (χ0n) is 10.4. The van der Waals surface area contributed by atoms with Gasteiger partial charge in [0.1, 0.15) is 6.61 Å². The van der Waals surface area contributed by atoms with Crippen LogP contribution in [0.3, 0.4) is 0 Å². The van der Waals surface area contributed by atoms with Crippen LogP contribution in [-0.2, 0) is 9.53 Å². The molecule has 0 atom stereocenters. The molecule has 0 bridgehead atoms. The topological polar surface area (TPSA) is 43.4 Å². The second kappa shape index (κ2) is 7.88. The molecule has 0 fully saturated rings. The fourth-order valence-electron chi connectivity index (χ4n) is 1.46. The van der Waals surface area contributed by atoms with Crippen molar-refractivity contribution in [2.24, 2.45) is 0 Å². The van der Waals surface area contributed by atoms with Gasteiger partial charge >= 0.3 is 5.97 Å². The molecule has 0 N–H and O–H groups in total. The molecule has 0 radical (unpaired) electrons. The molecule has 0 saturated carbocycles. The Kier molecular flexibility index (Phi) is 6.44. The first-order chi connectivity index (χ1) is 8.63. The van der Waals surface area contributed by atoms with E-state index in [9.17, 15) is 9.59 Å². The van der Waals surface area contributed by atoms with Gasteiger partial charge in [-0.25, -0.2) is 4.79 Å². The monoisotopic (exact) mass is 268 g/mol. The number of halogens is 1. The van der Waals surface area contributed by atoms with Crippen molar-refractivity contribution in [2.75, 3.05) is 6.61 Å². The van der Waals surface area contributed by atoms with E-state index in [-0.39, 0.29) is 12.4 Å². The van der Waals surface area contributed by atoms with Crippen molar-refractivity contribution in [1.29, 1.82) is 0 Å². The molecule has 18 heavy (non-hydrogen) atoms. The van der Waals surface area contributed by atoms with Gasteiger partial charge in [-0.2, -0.15) is 0 Å². The van der Waals surface area contributed by atoms with Crippen molar-refractivity contribution in [3.63, 3.8) is 0 Å². The van der Waals surface area contributed by atoms with Gasteiger partial charge in [-0.05, 0) is 30.7 Å². The van der Waals surface area contributed by atoms with Gasteiger partial charge in [0.05, 0.1) is 5.56 Å². The van der Waals surface area contributed by atoms with E-state index in [0.29, 0.717) is 17.0 Å². The maximum Gasteiger partial charge on any atom is 0.338 e. The van der Waals surface area contributed by atoms with Crippen molar-refractivity contribution in [3.05, 3.63) is 34.9 Å². The van der Waals surface area contributed by atoms with Crippen molar-refractivity contribution in [2.45, 2.75) is 32.6 Å². The summed E-state index contributed by atoms with van der Waals surface area (Å²) in [5.74, 6) is -0.527. The van der Waals surface area contributed by atoms with Gasteiger partial charge in [0.2, 0.25) is 0 Å². The van der Waals surface area contributed by atoms with Crippen LogP contribution in [0.15, 0.2) is 24.3 Å². The zero-order valence-corrected chi connectivity index (χ0v) is 11.2. The molecule has 98 valence electrons. The van der Waals surface area contributed by atoms with Gasteiger partial charge in [0, 0.05) is 11.4 Å². The van der Waals surface area contributed by atoms with Crippen molar-refractivity contribution in [1.82, 2.24) is 0 Å². The Morgan fingerprint density at radius 2 is 1.83 bits per heavy atom. The number of benzene rings is 1. The molecule has 0 aliphatic rings. The summed E-state index contributed by atoms with van der Waals surface area (Å²) in [6.45, 7) is 1.93. The van der Waals surface area contributed by atoms with Crippen LogP contribution < -0.4 is 0 Å². The SMILES string of the molecule is CCCCCC(=O)COC(=O)c1ccc(Cl)cc1. The number of ketones is 1. The lowest BCUT2D eigenvalue weighted by molar-refractivity contribution is -0.122. The van der Waals surface area contributed by atoms with E-state index in [1.54, 1.807) is 24.3 Å². The maximum absolute atomic E-state index is 11.6. The van der Waals surface area contributed by atoms with E-state index in [4.69, 9.17) is 16.3 Å². The van der Waals surface area contributed by atoms with Crippen LogP contribution in [0.4, 0.5) is 0 Å². The summed E-state index contributed by atoms with van der Waals surface area (Å²) in [7, 11) is 0. The molecule has 1 aromatic carbocycles. The van der Waals surface area contributed by atoms with E-state index < -0.39 is 5.97 Å². The van der Waals surface area contributed by atoms with E-state index in [1.165, 1.54) is 0 Å². The summed E-state index contributed by atoms with van der Waals surface area (Å²) in [4.78, 5) is 23.0. The third-order valence-electron chi connectivity index (χ3n) is 2.50. The molecular weight excluding hydrogens is 252 g/mol. The van der Waals surface area contributed by atoms with Crippen LogP contribution in [0.1, 0.15) is 43.0 Å². The predicted octanol–water partition coefficient (Wildman–Crippen LogP) is 3.65. The molecule has 0 aromatic heterocycles. The highest BCUT2D eigenvalue weighted by molar-refractivity contribution is 6.30. The largest absolute Gasteiger partial charge is 0.454 e. The highest BCUT2D eigenvalue weighted by Gasteiger charge is 2.09. The van der Waals surface area contributed by atoms with Gasteiger partial charge in [0.15, 0.2) is 5.78 Å². The van der Waals surface area contributed by atoms with Gasteiger partial charge in [-0.15, -0.1) is 0 Å². The molecule has 0 unspecified atom stereocenters. The number of hydrogen-bond acceptors (Lipinski definition) is 3. The highest BCUT2D eigenvalue weighted by atomic mass is 35.5. The summed E-state index contributed by atoms with van der Waals surface area (Å²) >= 11 is 5.71. The number of carbonyl (C=O) groups excluding carboxylic acids is 2. The smallest absolute Gasteiger partial charge is 0.338 e. The van der Waals surface area contributed by atoms with Crippen LogP contribution in [0.5, 0.6) is 0 Å². The average Bonchev–Trinajstić information content (AvgIpc) is 2.37. The molecule has 1 aromatic rings. The molecule has 0 spiro atoms. The second-order valence-corrected chi connectivity index (χ2v) is 4.52. The Morgan fingerprint density at radius 3 is 2.44 bits per heavy atom. The predicted molar refractivity (Wildman–Crippen MR) is 70.9 cm³/mol. The van der Waals surface area contributed by atoms with Crippen LogP contribution >= 0.6 is 11.6 Å². The molecule has 0 amide bonds.